The van der Waals surface area contributed by atoms with Gasteiger partial charge in [-0.3, -0.25) is 4.79 Å². The van der Waals surface area contributed by atoms with Gasteiger partial charge in [0.15, 0.2) is 0 Å². The zero-order valence-corrected chi connectivity index (χ0v) is 26.9. The first-order valence-corrected chi connectivity index (χ1v) is 15.5. The standard InChI is InChI=1S/C34H44N2O5S/c1-9-40-22-25-21-34(31(38)41-33(5,6)7,20-23-13-11-10-12-14-23)36(28(25)29-35-17-18-42-29)30(37)24-15-16-26(32(2,3)4)27(19-24)39-8/h10-19,25,28H,9,20-22H2,1-8H3/t25-,28-,34+/m1/s1. The molecule has 0 radical (unpaired) electrons. The van der Waals surface area contributed by atoms with Crippen LogP contribution in [-0.2, 0) is 26.1 Å². The van der Waals surface area contributed by atoms with Crippen LogP contribution < -0.4 is 4.74 Å². The number of esters is 1. The van der Waals surface area contributed by atoms with Gasteiger partial charge in [-0.15, -0.1) is 11.3 Å². The number of benzene rings is 2. The Bertz CT molecular complexity index is 1360. The Hall–Kier alpha value is -3.23. The monoisotopic (exact) mass is 592 g/mol. The molecule has 4 rings (SSSR count). The highest BCUT2D eigenvalue weighted by molar-refractivity contribution is 7.09. The van der Waals surface area contributed by atoms with E-state index in [-0.39, 0.29) is 17.2 Å². The lowest BCUT2D eigenvalue weighted by molar-refractivity contribution is -0.167. The number of hydrogen-bond acceptors (Lipinski definition) is 7. The molecule has 1 aromatic heterocycles. The average molecular weight is 593 g/mol. The van der Waals surface area contributed by atoms with Crippen molar-refractivity contribution in [1.82, 2.24) is 9.88 Å². The predicted octanol–water partition coefficient (Wildman–Crippen LogP) is 7.01. The topological polar surface area (TPSA) is 78.0 Å². The predicted molar refractivity (Wildman–Crippen MR) is 166 cm³/mol. The largest absolute Gasteiger partial charge is 0.496 e. The number of ether oxygens (including phenoxy) is 3. The summed E-state index contributed by atoms with van der Waals surface area (Å²) in [7, 11) is 1.62. The van der Waals surface area contributed by atoms with Crippen molar-refractivity contribution >= 4 is 23.2 Å². The lowest BCUT2D eigenvalue weighted by Crippen LogP contribution is -2.57. The van der Waals surface area contributed by atoms with Crippen LogP contribution in [0.3, 0.4) is 0 Å². The molecule has 0 unspecified atom stereocenters. The highest BCUT2D eigenvalue weighted by Gasteiger charge is 2.60. The molecule has 7 nitrogen and oxygen atoms in total. The van der Waals surface area contributed by atoms with E-state index in [1.54, 1.807) is 24.3 Å². The van der Waals surface area contributed by atoms with E-state index >= 15 is 0 Å². The van der Waals surface area contributed by atoms with Gasteiger partial charge in [-0.2, -0.15) is 0 Å². The van der Waals surface area contributed by atoms with E-state index in [0.717, 1.165) is 16.1 Å². The van der Waals surface area contributed by atoms with Gasteiger partial charge in [-0.05, 0) is 62.8 Å². The van der Waals surface area contributed by atoms with Gasteiger partial charge in [0.05, 0.1) is 19.8 Å². The molecule has 2 aromatic carbocycles. The molecule has 226 valence electrons. The maximum atomic E-state index is 14.9. The zero-order chi connectivity index (χ0) is 30.7. The molecule has 0 aliphatic carbocycles. The molecule has 3 atom stereocenters. The van der Waals surface area contributed by atoms with E-state index in [9.17, 15) is 9.59 Å². The molecule has 0 saturated carbocycles. The van der Waals surface area contributed by atoms with Crippen LogP contribution in [0, 0.1) is 5.92 Å². The lowest BCUT2D eigenvalue weighted by atomic mass is 9.84. The Morgan fingerprint density at radius 1 is 1.07 bits per heavy atom. The minimum absolute atomic E-state index is 0.174. The Morgan fingerprint density at radius 2 is 1.79 bits per heavy atom. The molecule has 1 amide bonds. The minimum Gasteiger partial charge on any atom is -0.496 e. The summed E-state index contributed by atoms with van der Waals surface area (Å²) in [6.45, 7) is 14.8. The van der Waals surface area contributed by atoms with E-state index in [1.165, 1.54) is 11.3 Å². The number of methoxy groups -OCH3 is 1. The normalized spacial score (nSPS) is 20.9. The van der Waals surface area contributed by atoms with Gasteiger partial charge in [0, 0.05) is 36.1 Å². The number of aromatic nitrogens is 1. The summed E-state index contributed by atoms with van der Waals surface area (Å²) in [5.74, 6) is -0.233. The van der Waals surface area contributed by atoms with Crippen molar-refractivity contribution in [2.45, 2.75) is 83.9 Å². The number of carbonyl (C=O) groups is 2. The number of nitrogens with zero attached hydrogens (tertiary/aromatic N) is 2. The van der Waals surface area contributed by atoms with Crippen LogP contribution >= 0.6 is 11.3 Å². The third kappa shape index (κ3) is 6.70. The van der Waals surface area contributed by atoms with Gasteiger partial charge < -0.3 is 19.1 Å². The first kappa shape index (κ1) is 31.7. The minimum atomic E-state index is -1.29. The van der Waals surface area contributed by atoms with Crippen LogP contribution in [0.15, 0.2) is 60.1 Å². The fourth-order valence-corrected chi connectivity index (χ4v) is 6.67. The van der Waals surface area contributed by atoms with Crippen molar-refractivity contribution in [2.24, 2.45) is 5.92 Å². The molecule has 3 aromatic rings. The van der Waals surface area contributed by atoms with Crippen LogP contribution in [0.25, 0.3) is 0 Å². The van der Waals surface area contributed by atoms with E-state index in [1.807, 2.05) is 75.5 Å². The Labute approximate surface area is 254 Å². The summed E-state index contributed by atoms with van der Waals surface area (Å²) in [6, 6.07) is 14.9. The van der Waals surface area contributed by atoms with Crippen LogP contribution in [-0.4, -0.2) is 53.2 Å². The maximum Gasteiger partial charge on any atom is 0.332 e. The Balaban J connectivity index is 1.95. The number of rotatable bonds is 9. The molecule has 2 heterocycles. The van der Waals surface area contributed by atoms with Crippen LogP contribution in [0.2, 0.25) is 0 Å². The van der Waals surface area contributed by atoms with Crippen molar-refractivity contribution < 1.29 is 23.8 Å². The maximum absolute atomic E-state index is 14.9. The van der Waals surface area contributed by atoms with E-state index in [2.05, 4.69) is 25.8 Å². The summed E-state index contributed by atoms with van der Waals surface area (Å²) in [4.78, 5) is 35.8. The molecular formula is C34H44N2O5S. The second kappa shape index (κ2) is 12.6. The smallest absolute Gasteiger partial charge is 0.332 e. The third-order valence-electron chi connectivity index (χ3n) is 7.62. The summed E-state index contributed by atoms with van der Waals surface area (Å²) >= 11 is 1.48. The van der Waals surface area contributed by atoms with Crippen molar-refractivity contribution in [3.05, 3.63) is 81.8 Å². The lowest BCUT2D eigenvalue weighted by Gasteiger charge is -2.40. The quantitative estimate of drug-likeness (QED) is 0.249. The summed E-state index contributed by atoms with van der Waals surface area (Å²) in [5.41, 5.74) is 0.161. The molecule has 0 N–H and O–H groups in total. The summed E-state index contributed by atoms with van der Waals surface area (Å²) < 4.78 is 17.9. The molecular weight excluding hydrogens is 548 g/mol. The second-order valence-electron chi connectivity index (χ2n) is 13.0. The van der Waals surface area contributed by atoms with Crippen molar-refractivity contribution in [3.63, 3.8) is 0 Å². The number of likely N-dealkylation sites (tertiary alicyclic amines) is 1. The van der Waals surface area contributed by atoms with E-state index in [4.69, 9.17) is 14.2 Å². The molecule has 1 fully saturated rings. The van der Waals surface area contributed by atoms with Gasteiger partial charge in [0.1, 0.15) is 21.9 Å². The number of carbonyl (C=O) groups excluding carboxylic acids is 2. The Morgan fingerprint density at radius 3 is 2.36 bits per heavy atom. The van der Waals surface area contributed by atoms with Crippen molar-refractivity contribution in [3.8, 4) is 5.75 Å². The Kier molecular flexibility index (Phi) is 9.48. The van der Waals surface area contributed by atoms with Crippen LogP contribution in [0.5, 0.6) is 5.75 Å². The summed E-state index contributed by atoms with van der Waals surface area (Å²) in [5, 5.41) is 2.67. The molecule has 1 saturated heterocycles. The van der Waals surface area contributed by atoms with Gasteiger partial charge in [-0.25, -0.2) is 9.78 Å². The molecule has 1 aliphatic rings. The van der Waals surface area contributed by atoms with E-state index < -0.39 is 23.2 Å². The highest BCUT2D eigenvalue weighted by atomic mass is 32.1. The van der Waals surface area contributed by atoms with E-state index in [0.29, 0.717) is 37.4 Å². The molecule has 0 bridgehead atoms. The molecule has 8 heteroatoms. The highest BCUT2D eigenvalue weighted by Crippen LogP contribution is 2.51. The third-order valence-corrected chi connectivity index (χ3v) is 8.47. The fourth-order valence-electron chi connectivity index (χ4n) is 5.85. The van der Waals surface area contributed by atoms with Crippen molar-refractivity contribution in [1.29, 1.82) is 0 Å². The van der Waals surface area contributed by atoms with Crippen LogP contribution in [0.1, 0.15) is 87.4 Å². The molecule has 0 spiro atoms. The first-order chi connectivity index (χ1) is 19.8. The molecule has 42 heavy (non-hydrogen) atoms. The molecule has 1 aliphatic heterocycles. The number of thiazole rings is 1. The first-order valence-electron chi connectivity index (χ1n) is 14.6. The number of hydrogen-bond donors (Lipinski definition) is 0. The van der Waals surface area contributed by atoms with Gasteiger partial charge in [0.2, 0.25) is 0 Å². The number of amides is 1. The van der Waals surface area contributed by atoms with Gasteiger partial charge >= 0.3 is 5.97 Å². The van der Waals surface area contributed by atoms with Gasteiger partial charge in [-0.1, -0.05) is 57.2 Å². The second-order valence-corrected chi connectivity index (χ2v) is 13.9. The van der Waals surface area contributed by atoms with Gasteiger partial charge in [0.25, 0.3) is 5.91 Å². The van der Waals surface area contributed by atoms with Crippen molar-refractivity contribution in [2.75, 3.05) is 20.3 Å². The SMILES string of the molecule is CCOC[C@H]1C[C@@](Cc2ccccc2)(C(=O)OC(C)(C)C)N(C(=O)c2ccc(C(C)(C)C)c(OC)c2)[C@H]1c1nccs1. The zero-order valence-electron chi connectivity index (χ0n) is 26.1. The average Bonchev–Trinajstić information content (AvgIpc) is 3.57. The van der Waals surface area contributed by atoms with Crippen LogP contribution in [0.4, 0.5) is 0 Å². The fraction of sp³-hybridized carbons (Fsp3) is 0.500. The summed E-state index contributed by atoms with van der Waals surface area (Å²) in [6.07, 6.45) is 2.42.